The molecule has 3 aromatic heterocycles. The van der Waals surface area contributed by atoms with E-state index in [4.69, 9.17) is 27.1 Å². The van der Waals surface area contributed by atoms with E-state index in [-0.39, 0.29) is 11.8 Å². The Morgan fingerprint density at radius 3 is 2.75 bits per heavy atom. The summed E-state index contributed by atoms with van der Waals surface area (Å²) >= 11 is 6.13. The number of anilines is 1. The number of para-hydroxylation sites is 1. The highest BCUT2D eigenvalue weighted by molar-refractivity contribution is 6.32. The molecule has 1 saturated heterocycles. The molecule has 1 aliphatic rings. The Morgan fingerprint density at radius 1 is 1.17 bits per heavy atom. The summed E-state index contributed by atoms with van der Waals surface area (Å²) in [6.07, 6.45) is 5.21. The van der Waals surface area contributed by atoms with E-state index in [2.05, 4.69) is 26.5 Å². The number of benzene rings is 2. The Hall–Kier alpha value is -4.04. The van der Waals surface area contributed by atoms with Gasteiger partial charge in [0.2, 0.25) is 0 Å². The average molecular weight is 501 g/mol. The molecule has 0 radical (unpaired) electrons. The Morgan fingerprint density at radius 2 is 1.97 bits per heavy atom. The van der Waals surface area contributed by atoms with Crippen molar-refractivity contribution in [2.75, 3.05) is 25.9 Å². The van der Waals surface area contributed by atoms with Crippen molar-refractivity contribution in [2.45, 2.75) is 18.8 Å². The molecule has 0 unspecified atom stereocenters. The molecule has 4 heterocycles. The highest BCUT2D eigenvalue weighted by Crippen LogP contribution is 2.35. The molecule has 182 valence electrons. The molecule has 0 aliphatic carbocycles. The Balaban J connectivity index is 1.29. The number of halogens is 1. The minimum Gasteiger partial charge on any atom is -0.495 e. The number of aromatic nitrogens is 4. The minimum absolute atomic E-state index is 0.0244. The fourth-order valence-electron chi connectivity index (χ4n) is 5.08. The smallest absolute Gasteiger partial charge is 0.253 e. The molecule has 3 N–H and O–H groups in total. The number of H-pyrrole nitrogens is 1. The summed E-state index contributed by atoms with van der Waals surface area (Å²) in [5.74, 6) is 2.03. The standard InChI is InChI=1S/C27H25ClN6O2/c1-36-22-15-18(6-7-19(22)28)27(35)33-11-8-16(9-12-33)26-32-23(24-25(29)30-10-13-34(24)26)21-14-17-4-2-3-5-20(17)31-21/h2-7,10,13-16,31H,8-9,11-12H2,1H3,(H2,29,30). The van der Waals surface area contributed by atoms with Gasteiger partial charge in [-0.3, -0.25) is 9.20 Å². The predicted molar refractivity (Wildman–Crippen MR) is 141 cm³/mol. The average Bonchev–Trinajstić information content (AvgIpc) is 3.51. The van der Waals surface area contributed by atoms with Crippen LogP contribution in [-0.2, 0) is 0 Å². The van der Waals surface area contributed by atoms with Crippen LogP contribution >= 0.6 is 11.6 Å². The van der Waals surface area contributed by atoms with Gasteiger partial charge in [-0.25, -0.2) is 9.97 Å². The number of amides is 1. The van der Waals surface area contributed by atoms with Gasteiger partial charge < -0.3 is 20.4 Å². The van der Waals surface area contributed by atoms with Crippen LogP contribution in [0.2, 0.25) is 5.02 Å². The molecule has 2 aromatic carbocycles. The second-order valence-corrected chi connectivity index (χ2v) is 9.44. The third-order valence-corrected chi connectivity index (χ3v) is 7.25. The van der Waals surface area contributed by atoms with Crippen molar-refractivity contribution in [1.29, 1.82) is 0 Å². The number of piperidine rings is 1. The molecule has 0 bridgehead atoms. The second kappa shape index (κ2) is 8.87. The van der Waals surface area contributed by atoms with Crippen molar-refractivity contribution in [1.82, 2.24) is 24.3 Å². The molecule has 1 aliphatic heterocycles. The van der Waals surface area contributed by atoms with Gasteiger partial charge in [0.25, 0.3) is 5.91 Å². The van der Waals surface area contributed by atoms with Gasteiger partial charge in [0.05, 0.1) is 17.8 Å². The van der Waals surface area contributed by atoms with E-state index in [0.717, 1.165) is 46.5 Å². The number of methoxy groups -OCH3 is 1. The van der Waals surface area contributed by atoms with Crippen molar-refractivity contribution < 1.29 is 9.53 Å². The number of hydrogen-bond donors (Lipinski definition) is 2. The molecule has 5 aromatic rings. The first kappa shape index (κ1) is 22.4. The van der Waals surface area contributed by atoms with Crippen LogP contribution in [0.3, 0.4) is 0 Å². The van der Waals surface area contributed by atoms with Crippen molar-refractivity contribution in [2.24, 2.45) is 0 Å². The molecular formula is C27H25ClN6O2. The molecule has 36 heavy (non-hydrogen) atoms. The first-order valence-electron chi connectivity index (χ1n) is 11.9. The van der Waals surface area contributed by atoms with Crippen LogP contribution < -0.4 is 10.5 Å². The maximum absolute atomic E-state index is 13.1. The lowest BCUT2D eigenvalue weighted by molar-refractivity contribution is 0.0710. The molecular weight excluding hydrogens is 476 g/mol. The first-order chi connectivity index (χ1) is 17.5. The molecule has 8 nitrogen and oxygen atoms in total. The Kier molecular flexibility index (Phi) is 5.53. The van der Waals surface area contributed by atoms with Gasteiger partial charge in [0, 0.05) is 47.9 Å². The monoisotopic (exact) mass is 500 g/mol. The van der Waals surface area contributed by atoms with Crippen molar-refractivity contribution in [3.63, 3.8) is 0 Å². The van der Waals surface area contributed by atoms with Gasteiger partial charge in [-0.05, 0) is 43.2 Å². The van der Waals surface area contributed by atoms with Gasteiger partial charge in [0.1, 0.15) is 28.6 Å². The van der Waals surface area contributed by atoms with E-state index < -0.39 is 0 Å². The quantitative estimate of drug-likeness (QED) is 0.355. The van der Waals surface area contributed by atoms with Gasteiger partial charge >= 0.3 is 0 Å². The number of nitrogens with two attached hydrogens (primary N) is 1. The molecule has 0 spiro atoms. The maximum Gasteiger partial charge on any atom is 0.253 e. The topological polar surface area (TPSA) is 102 Å². The first-order valence-corrected chi connectivity index (χ1v) is 12.2. The largest absolute Gasteiger partial charge is 0.495 e. The number of nitrogen functional groups attached to an aromatic ring is 1. The van der Waals surface area contributed by atoms with E-state index >= 15 is 0 Å². The van der Waals surface area contributed by atoms with Gasteiger partial charge in [-0.1, -0.05) is 29.8 Å². The lowest BCUT2D eigenvalue weighted by atomic mass is 9.95. The number of nitrogens with zero attached hydrogens (tertiary/aromatic N) is 4. The van der Waals surface area contributed by atoms with Gasteiger partial charge in [0.15, 0.2) is 0 Å². The van der Waals surface area contributed by atoms with Crippen LogP contribution in [0.5, 0.6) is 5.75 Å². The Bertz CT molecular complexity index is 1570. The molecule has 1 amide bonds. The highest BCUT2D eigenvalue weighted by Gasteiger charge is 2.29. The zero-order chi connectivity index (χ0) is 24.8. The SMILES string of the molecule is COc1cc(C(=O)N2CCC(c3nc(-c4cc5ccccc5[nH]4)c4c(N)nccn34)CC2)ccc1Cl. The lowest BCUT2D eigenvalue weighted by Gasteiger charge is -2.31. The molecule has 0 atom stereocenters. The van der Waals surface area contributed by atoms with Crippen LogP contribution in [0.4, 0.5) is 5.82 Å². The summed E-state index contributed by atoms with van der Waals surface area (Å²) in [7, 11) is 1.54. The molecule has 6 rings (SSSR count). The molecule has 9 heteroatoms. The van der Waals surface area contributed by atoms with Crippen LogP contribution in [0.25, 0.3) is 27.8 Å². The third kappa shape index (κ3) is 3.74. The number of aromatic amines is 1. The van der Waals surface area contributed by atoms with E-state index in [1.807, 2.05) is 29.3 Å². The number of likely N-dealkylation sites (tertiary alicyclic amines) is 1. The number of imidazole rings is 1. The van der Waals surface area contributed by atoms with Crippen molar-refractivity contribution in [3.8, 4) is 17.1 Å². The van der Waals surface area contributed by atoms with Crippen LogP contribution in [0.1, 0.15) is 34.9 Å². The van der Waals surface area contributed by atoms with E-state index in [1.54, 1.807) is 31.5 Å². The summed E-state index contributed by atoms with van der Waals surface area (Å²) in [5, 5.41) is 1.60. The third-order valence-electron chi connectivity index (χ3n) is 6.94. The zero-order valence-electron chi connectivity index (χ0n) is 19.7. The van der Waals surface area contributed by atoms with Crippen LogP contribution in [0.15, 0.2) is 60.9 Å². The zero-order valence-corrected chi connectivity index (χ0v) is 20.5. The summed E-state index contributed by atoms with van der Waals surface area (Å²) in [6, 6.07) is 15.4. The van der Waals surface area contributed by atoms with Crippen LogP contribution in [-0.4, -0.2) is 50.4 Å². The molecule has 1 fully saturated rings. The van der Waals surface area contributed by atoms with Crippen LogP contribution in [0, 0.1) is 0 Å². The summed E-state index contributed by atoms with van der Waals surface area (Å²) in [6.45, 7) is 1.26. The highest BCUT2D eigenvalue weighted by atomic mass is 35.5. The number of rotatable bonds is 4. The number of hydrogen-bond acceptors (Lipinski definition) is 5. The Labute approximate surface area is 212 Å². The summed E-state index contributed by atoms with van der Waals surface area (Å²) in [4.78, 5) is 27.9. The van der Waals surface area contributed by atoms with E-state index in [1.165, 1.54) is 0 Å². The summed E-state index contributed by atoms with van der Waals surface area (Å²) < 4.78 is 7.33. The summed E-state index contributed by atoms with van der Waals surface area (Å²) in [5.41, 5.74) is 10.4. The number of carbonyl (C=O) groups excluding carboxylic acids is 1. The number of ether oxygens (including phenoxy) is 1. The normalized spacial score (nSPS) is 14.6. The predicted octanol–water partition coefficient (Wildman–Crippen LogP) is 5.14. The lowest BCUT2D eigenvalue weighted by Crippen LogP contribution is -2.38. The van der Waals surface area contributed by atoms with E-state index in [0.29, 0.717) is 35.2 Å². The van der Waals surface area contributed by atoms with Crippen molar-refractivity contribution in [3.05, 3.63) is 77.3 Å². The van der Waals surface area contributed by atoms with Gasteiger partial charge in [-0.2, -0.15) is 0 Å². The maximum atomic E-state index is 13.1. The fourth-order valence-corrected chi connectivity index (χ4v) is 5.27. The van der Waals surface area contributed by atoms with E-state index in [9.17, 15) is 4.79 Å². The number of carbonyl (C=O) groups is 1. The minimum atomic E-state index is -0.0244. The fraction of sp³-hybridized carbons (Fsp3) is 0.222. The molecule has 0 saturated carbocycles. The number of fused-ring (bicyclic) bond motifs is 2. The second-order valence-electron chi connectivity index (χ2n) is 9.04. The number of nitrogens with one attached hydrogen (secondary N) is 1. The van der Waals surface area contributed by atoms with Gasteiger partial charge in [-0.15, -0.1) is 0 Å². The van der Waals surface area contributed by atoms with Crippen molar-refractivity contribution >= 4 is 39.7 Å².